The van der Waals surface area contributed by atoms with Crippen LogP contribution in [0.5, 0.6) is 5.75 Å². The Bertz CT molecular complexity index is 583. The van der Waals surface area contributed by atoms with Crippen molar-refractivity contribution in [1.82, 2.24) is 4.90 Å². The van der Waals surface area contributed by atoms with Gasteiger partial charge in [-0.05, 0) is 29.7 Å². The Balaban J connectivity index is 1.52. The minimum Gasteiger partial charge on any atom is -0.490 e. The van der Waals surface area contributed by atoms with Gasteiger partial charge in [-0.1, -0.05) is 36.4 Å². The van der Waals surface area contributed by atoms with Gasteiger partial charge in [0.1, 0.15) is 12.4 Å². The molecule has 0 unspecified atom stereocenters. The first-order chi connectivity index (χ1) is 9.83. The Hall–Kier alpha value is -2.00. The molecule has 0 aliphatic carbocycles. The van der Waals surface area contributed by atoms with E-state index in [1.54, 1.807) is 0 Å². The van der Waals surface area contributed by atoms with Crippen LogP contribution in [0.3, 0.4) is 0 Å². The van der Waals surface area contributed by atoms with Crippen molar-refractivity contribution in [3.63, 3.8) is 0 Å². The molecule has 0 fully saturated rings. The monoisotopic (exact) mass is 268 g/mol. The molecule has 20 heavy (non-hydrogen) atoms. The van der Waals surface area contributed by atoms with Crippen LogP contribution in [0.1, 0.15) is 11.1 Å². The molecule has 0 aromatic heterocycles. The number of anilines is 1. The quantitative estimate of drug-likeness (QED) is 0.866. The molecule has 1 aliphatic rings. The highest BCUT2D eigenvalue weighted by atomic mass is 16.5. The van der Waals surface area contributed by atoms with Crippen LogP contribution in [0, 0.1) is 0 Å². The summed E-state index contributed by atoms with van der Waals surface area (Å²) in [7, 11) is 0. The standard InChI is InChI=1S/C17H20N2O/c18-16-7-3-4-8-17(16)20-12-11-19-10-9-14-5-1-2-6-15(14)13-19/h1-8H,9-13,18H2. The molecule has 0 saturated carbocycles. The second-order valence-electron chi connectivity index (χ2n) is 5.18. The fourth-order valence-corrected chi connectivity index (χ4v) is 2.64. The van der Waals surface area contributed by atoms with Crippen molar-refractivity contribution in [2.45, 2.75) is 13.0 Å². The first-order valence-corrected chi connectivity index (χ1v) is 7.09. The number of benzene rings is 2. The van der Waals surface area contributed by atoms with Crippen LogP contribution >= 0.6 is 0 Å². The molecule has 3 nitrogen and oxygen atoms in total. The fourth-order valence-electron chi connectivity index (χ4n) is 2.64. The highest BCUT2D eigenvalue weighted by molar-refractivity contribution is 5.51. The number of hydrogen-bond acceptors (Lipinski definition) is 3. The van der Waals surface area contributed by atoms with E-state index in [-0.39, 0.29) is 0 Å². The molecule has 2 aromatic carbocycles. The molecular formula is C17H20N2O. The first kappa shape index (κ1) is 13.0. The van der Waals surface area contributed by atoms with E-state index in [0.29, 0.717) is 12.3 Å². The molecule has 0 saturated heterocycles. The van der Waals surface area contributed by atoms with Gasteiger partial charge in [-0.25, -0.2) is 0 Å². The molecule has 0 bridgehead atoms. The van der Waals surface area contributed by atoms with Gasteiger partial charge in [0.25, 0.3) is 0 Å². The van der Waals surface area contributed by atoms with E-state index in [1.165, 1.54) is 11.1 Å². The molecule has 0 amide bonds. The zero-order valence-electron chi connectivity index (χ0n) is 11.6. The van der Waals surface area contributed by atoms with Gasteiger partial charge in [0.2, 0.25) is 0 Å². The van der Waals surface area contributed by atoms with Crippen LogP contribution in [0.2, 0.25) is 0 Å². The number of nitrogens with two attached hydrogens (primary N) is 1. The molecule has 1 heterocycles. The number of rotatable bonds is 4. The summed E-state index contributed by atoms with van der Waals surface area (Å²) in [6.45, 7) is 3.73. The summed E-state index contributed by atoms with van der Waals surface area (Å²) >= 11 is 0. The van der Waals surface area contributed by atoms with Crippen LogP contribution in [0.4, 0.5) is 5.69 Å². The van der Waals surface area contributed by atoms with Crippen LogP contribution < -0.4 is 10.5 Å². The summed E-state index contributed by atoms with van der Waals surface area (Å²) in [6, 6.07) is 16.3. The molecule has 1 aliphatic heterocycles. The minimum atomic E-state index is 0.677. The normalized spacial score (nSPS) is 14.8. The molecule has 104 valence electrons. The maximum atomic E-state index is 5.86. The predicted molar refractivity (Wildman–Crippen MR) is 81.8 cm³/mol. The number of fused-ring (bicyclic) bond motifs is 1. The van der Waals surface area contributed by atoms with Crippen LogP contribution in [0.15, 0.2) is 48.5 Å². The highest BCUT2D eigenvalue weighted by Gasteiger charge is 2.15. The Kier molecular flexibility index (Phi) is 3.88. The third kappa shape index (κ3) is 2.94. The summed E-state index contributed by atoms with van der Waals surface area (Å²) in [5.74, 6) is 0.782. The van der Waals surface area contributed by atoms with E-state index < -0.39 is 0 Å². The van der Waals surface area contributed by atoms with Crippen molar-refractivity contribution in [2.24, 2.45) is 0 Å². The van der Waals surface area contributed by atoms with Crippen molar-refractivity contribution < 1.29 is 4.74 Å². The van der Waals surface area contributed by atoms with E-state index in [9.17, 15) is 0 Å². The van der Waals surface area contributed by atoms with Gasteiger partial charge in [-0.2, -0.15) is 0 Å². The largest absolute Gasteiger partial charge is 0.490 e. The van der Waals surface area contributed by atoms with Gasteiger partial charge < -0.3 is 10.5 Å². The van der Waals surface area contributed by atoms with Gasteiger partial charge in [0, 0.05) is 19.6 Å². The van der Waals surface area contributed by atoms with Gasteiger partial charge in [0.05, 0.1) is 5.69 Å². The maximum Gasteiger partial charge on any atom is 0.142 e. The number of para-hydroxylation sites is 2. The Labute approximate surface area is 120 Å². The highest BCUT2D eigenvalue weighted by Crippen LogP contribution is 2.21. The van der Waals surface area contributed by atoms with Crippen LogP contribution in [-0.2, 0) is 13.0 Å². The minimum absolute atomic E-state index is 0.677. The second-order valence-corrected chi connectivity index (χ2v) is 5.18. The summed E-state index contributed by atoms with van der Waals surface area (Å²) in [4.78, 5) is 2.43. The van der Waals surface area contributed by atoms with Crippen molar-refractivity contribution in [2.75, 3.05) is 25.4 Å². The third-order valence-electron chi connectivity index (χ3n) is 3.79. The molecule has 0 atom stereocenters. The Morgan fingerprint density at radius 1 is 1.00 bits per heavy atom. The lowest BCUT2D eigenvalue weighted by molar-refractivity contribution is 0.197. The number of hydrogen-bond donors (Lipinski definition) is 1. The molecule has 0 spiro atoms. The first-order valence-electron chi connectivity index (χ1n) is 7.09. The van der Waals surface area contributed by atoms with E-state index in [4.69, 9.17) is 10.5 Å². The third-order valence-corrected chi connectivity index (χ3v) is 3.79. The van der Waals surface area contributed by atoms with E-state index >= 15 is 0 Å². The number of nitrogen functional groups attached to an aromatic ring is 1. The van der Waals surface area contributed by atoms with Gasteiger partial charge in [-0.15, -0.1) is 0 Å². The average Bonchev–Trinajstić information content (AvgIpc) is 2.49. The smallest absolute Gasteiger partial charge is 0.142 e. The molecule has 3 heteroatoms. The SMILES string of the molecule is Nc1ccccc1OCCN1CCc2ccccc2C1. The van der Waals surface area contributed by atoms with E-state index in [2.05, 4.69) is 29.2 Å². The lowest BCUT2D eigenvalue weighted by Gasteiger charge is -2.28. The lowest BCUT2D eigenvalue weighted by atomic mass is 10.0. The topological polar surface area (TPSA) is 38.5 Å². The summed E-state index contributed by atoms with van der Waals surface area (Å²) < 4.78 is 5.76. The van der Waals surface area contributed by atoms with Gasteiger partial charge >= 0.3 is 0 Å². The van der Waals surface area contributed by atoms with Crippen molar-refractivity contribution in [3.8, 4) is 5.75 Å². The zero-order chi connectivity index (χ0) is 13.8. The van der Waals surface area contributed by atoms with Gasteiger partial charge in [0.15, 0.2) is 0 Å². The summed E-state index contributed by atoms with van der Waals surface area (Å²) in [6.07, 6.45) is 1.13. The summed E-state index contributed by atoms with van der Waals surface area (Å²) in [5, 5.41) is 0. The number of nitrogens with zero attached hydrogens (tertiary/aromatic N) is 1. The van der Waals surface area contributed by atoms with Crippen LogP contribution in [0.25, 0.3) is 0 Å². The average molecular weight is 268 g/mol. The van der Waals surface area contributed by atoms with Crippen molar-refractivity contribution in [1.29, 1.82) is 0 Å². The summed E-state index contributed by atoms with van der Waals surface area (Å²) in [5.41, 5.74) is 9.50. The molecule has 0 radical (unpaired) electrons. The predicted octanol–water partition coefficient (Wildman–Crippen LogP) is 2.71. The lowest BCUT2D eigenvalue weighted by Crippen LogP contribution is -2.33. The molecule has 2 N–H and O–H groups in total. The van der Waals surface area contributed by atoms with Crippen LogP contribution in [-0.4, -0.2) is 24.6 Å². The zero-order valence-corrected chi connectivity index (χ0v) is 11.6. The fraction of sp³-hybridized carbons (Fsp3) is 0.294. The molecule has 3 rings (SSSR count). The molecule has 2 aromatic rings. The van der Waals surface area contributed by atoms with Crippen molar-refractivity contribution in [3.05, 3.63) is 59.7 Å². The van der Waals surface area contributed by atoms with Crippen molar-refractivity contribution >= 4 is 5.69 Å². The Morgan fingerprint density at radius 3 is 2.60 bits per heavy atom. The van der Waals surface area contributed by atoms with E-state index in [1.807, 2.05) is 24.3 Å². The second kappa shape index (κ2) is 5.97. The maximum absolute atomic E-state index is 5.86. The van der Waals surface area contributed by atoms with E-state index in [0.717, 1.165) is 31.8 Å². The Morgan fingerprint density at radius 2 is 1.75 bits per heavy atom. The van der Waals surface area contributed by atoms with Gasteiger partial charge in [-0.3, -0.25) is 4.90 Å². The molecular weight excluding hydrogens is 248 g/mol. The number of ether oxygens (including phenoxy) is 1.